The summed E-state index contributed by atoms with van der Waals surface area (Å²) in [5, 5.41) is 10.0. The second-order valence-electron chi connectivity index (χ2n) is 6.70. The van der Waals surface area contributed by atoms with E-state index in [9.17, 15) is 4.79 Å². The first kappa shape index (κ1) is 16.2. The topological polar surface area (TPSA) is 83.1 Å². The zero-order valence-electron chi connectivity index (χ0n) is 13.9. The Bertz CT molecular complexity index is 499. The number of carbonyl (C=O) groups excluding carboxylic acids is 1. The van der Waals surface area contributed by atoms with E-state index in [1.807, 2.05) is 4.90 Å². The molecule has 2 N–H and O–H groups in total. The third kappa shape index (κ3) is 3.65. The molecule has 1 aromatic heterocycles. The van der Waals surface area contributed by atoms with Crippen molar-refractivity contribution in [1.29, 1.82) is 0 Å². The average Bonchev–Trinajstić information content (AvgIpc) is 3.15. The summed E-state index contributed by atoms with van der Waals surface area (Å²) in [6.45, 7) is 5.31. The molecule has 7 heteroatoms. The second kappa shape index (κ2) is 7.29. The summed E-state index contributed by atoms with van der Waals surface area (Å²) < 4.78 is 5.47. The molecule has 23 heavy (non-hydrogen) atoms. The lowest BCUT2D eigenvalue weighted by Crippen LogP contribution is -2.49. The van der Waals surface area contributed by atoms with Crippen molar-refractivity contribution in [2.45, 2.75) is 51.5 Å². The molecule has 3 heterocycles. The Kier molecular flexibility index (Phi) is 5.15. The summed E-state index contributed by atoms with van der Waals surface area (Å²) >= 11 is 0. The number of urea groups is 1. The molecule has 0 aromatic carbocycles. The van der Waals surface area contributed by atoms with Crippen LogP contribution >= 0.6 is 0 Å². The van der Waals surface area contributed by atoms with Gasteiger partial charge < -0.3 is 15.0 Å². The molecular weight excluding hydrogens is 294 g/mol. The summed E-state index contributed by atoms with van der Waals surface area (Å²) in [6.07, 6.45) is 7.73. The Labute approximate surface area is 137 Å². The number of rotatable bonds is 4. The second-order valence-corrected chi connectivity index (χ2v) is 6.70. The highest BCUT2D eigenvalue weighted by Gasteiger charge is 2.34. The monoisotopic (exact) mass is 321 g/mol. The van der Waals surface area contributed by atoms with Gasteiger partial charge in [0.25, 0.3) is 0 Å². The van der Waals surface area contributed by atoms with Gasteiger partial charge in [0.15, 0.2) is 0 Å². The zero-order chi connectivity index (χ0) is 16.1. The highest BCUT2D eigenvalue weighted by Crippen LogP contribution is 2.34. The molecule has 2 aliphatic heterocycles. The third-order valence-electron chi connectivity index (χ3n) is 5.43. The predicted octanol–water partition coefficient (Wildman–Crippen LogP) is 2.25. The largest absolute Gasteiger partial charge is 0.381 e. The van der Waals surface area contributed by atoms with E-state index < -0.39 is 0 Å². The Morgan fingerprint density at radius 1 is 1.48 bits per heavy atom. The zero-order valence-corrected chi connectivity index (χ0v) is 13.9. The van der Waals surface area contributed by atoms with Crippen LogP contribution in [0.2, 0.25) is 0 Å². The fourth-order valence-corrected chi connectivity index (χ4v) is 3.66. The number of H-pyrrole nitrogens is 1. The molecule has 0 bridgehead atoms. The number of nitrogens with one attached hydrogen (secondary N) is 2. The quantitative estimate of drug-likeness (QED) is 0.891. The predicted molar refractivity (Wildman–Crippen MR) is 85.9 cm³/mol. The average molecular weight is 321 g/mol. The first-order valence-corrected chi connectivity index (χ1v) is 8.71. The Balaban J connectivity index is 1.61. The molecule has 128 valence electrons. The lowest BCUT2D eigenvalue weighted by Gasteiger charge is -2.39. The first-order chi connectivity index (χ1) is 11.2. The number of amides is 2. The number of hydrogen-bond donors (Lipinski definition) is 2. The lowest BCUT2D eigenvalue weighted by molar-refractivity contribution is 0.0130. The molecule has 1 atom stereocenters. The lowest BCUT2D eigenvalue weighted by atomic mass is 9.78. The van der Waals surface area contributed by atoms with Gasteiger partial charge in [-0.2, -0.15) is 5.10 Å². The van der Waals surface area contributed by atoms with Gasteiger partial charge >= 0.3 is 6.03 Å². The van der Waals surface area contributed by atoms with Crippen LogP contribution in [0.4, 0.5) is 4.79 Å². The number of likely N-dealkylation sites (tertiary alicyclic amines) is 1. The van der Waals surface area contributed by atoms with Gasteiger partial charge in [-0.05, 0) is 43.9 Å². The van der Waals surface area contributed by atoms with Gasteiger partial charge in [0.1, 0.15) is 12.2 Å². The van der Waals surface area contributed by atoms with Gasteiger partial charge in [0.2, 0.25) is 0 Å². The van der Waals surface area contributed by atoms with E-state index in [0.717, 1.165) is 70.7 Å². The molecule has 1 aromatic rings. The van der Waals surface area contributed by atoms with Crippen LogP contribution in [0.3, 0.4) is 0 Å². The molecule has 0 aliphatic carbocycles. The molecule has 2 fully saturated rings. The Morgan fingerprint density at radius 3 is 3.00 bits per heavy atom. The fourth-order valence-electron chi connectivity index (χ4n) is 3.66. The van der Waals surface area contributed by atoms with Crippen molar-refractivity contribution in [3.8, 4) is 0 Å². The minimum absolute atomic E-state index is 0.0125. The van der Waals surface area contributed by atoms with Crippen molar-refractivity contribution in [2.75, 3.05) is 26.3 Å². The fraction of sp³-hybridized carbons (Fsp3) is 0.812. The highest BCUT2D eigenvalue weighted by atomic mass is 16.5. The molecular formula is C16H27N5O2. The van der Waals surface area contributed by atoms with Gasteiger partial charge in [-0.15, -0.1) is 0 Å². The van der Waals surface area contributed by atoms with Crippen molar-refractivity contribution in [2.24, 2.45) is 5.41 Å². The van der Waals surface area contributed by atoms with E-state index in [1.54, 1.807) is 0 Å². The number of carbonyl (C=O) groups is 1. The molecule has 0 radical (unpaired) electrons. The van der Waals surface area contributed by atoms with Gasteiger partial charge in [-0.25, -0.2) is 9.78 Å². The molecule has 3 rings (SSSR count). The standard InChI is InChI=1S/C16H27N5O2/c1-2-16(6-9-23-10-7-16)11-17-15(22)21-8-4-3-5-13(21)14-18-12-19-20-14/h12-13H,2-11H2,1H3,(H,17,22)(H,18,19,20). The van der Waals surface area contributed by atoms with Crippen molar-refractivity contribution >= 4 is 6.03 Å². The van der Waals surface area contributed by atoms with Crippen LogP contribution < -0.4 is 5.32 Å². The van der Waals surface area contributed by atoms with E-state index >= 15 is 0 Å². The van der Waals surface area contributed by atoms with Crippen molar-refractivity contribution in [3.05, 3.63) is 12.2 Å². The SMILES string of the molecule is CCC1(CNC(=O)N2CCCCC2c2ncn[nH]2)CCOCC1. The van der Waals surface area contributed by atoms with Crippen LogP contribution in [0, 0.1) is 5.41 Å². The van der Waals surface area contributed by atoms with Gasteiger partial charge in [-0.1, -0.05) is 6.92 Å². The molecule has 0 spiro atoms. The normalized spacial score (nSPS) is 24.4. The van der Waals surface area contributed by atoms with Crippen molar-refractivity contribution in [1.82, 2.24) is 25.4 Å². The number of hydrogen-bond acceptors (Lipinski definition) is 4. The smallest absolute Gasteiger partial charge is 0.318 e. The first-order valence-electron chi connectivity index (χ1n) is 8.71. The third-order valence-corrected chi connectivity index (χ3v) is 5.43. The Hall–Kier alpha value is -1.63. The van der Waals surface area contributed by atoms with E-state index in [2.05, 4.69) is 27.4 Å². The van der Waals surface area contributed by atoms with Crippen molar-refractivity contribution < 1.29 is 9.53 Å². The maximum atomic E-state index is 12.7. The molecule has 1 unspecified atom stereocenters. The minimum Gasteiger partial charge on any atom is -0.381 e. The number of aromatic amines is 1. The van der Waals surface area contributed by atoms with Gasteiger partial charge in [0, 0.05) is 26.3 Å². The van der Waals surface area contributed by atoms with E-state index in [-0.39, 0.29) is 17.5 Å². The van der Waals surface area contributed by atoms with Crippen LogP contribution in [-0.2, 0) is 4.74 Å². The summed E-state index contributed by atoms with van der Waals surface area (Å²) in [7, 11) is 0. The number of nitrogens with zero attached hydrogens (tertiary/aromatic N) is 3. The van der Waals surface area contributed by atoms with E-state index in [0.29, 0.717) is 0 Å². The van der Waals surface area contributed by atoms with Crippen LogP contribution in [-0.4, -0.2) is 52.4 Å². The van der Waals surface area contributed by atoms with E-state index in [4.69, 9.17) is 4.74 Å². The minimum atomic E-state index is 0.0125. The summed E-state index contributed by atoms with van der Waals surface area (Å²) in [5.74, 6) is 0.788. The summed E-state index contributed by atoms with van der Waals surface area (Å²) in [5.41, 5.74) is 0.186. The van der Waals surface area contributed by atoms with Gasteiger partial charge in [0.05, 0.1) is 6.04 Å². The number of aromatic nitrogens is 3. The molecule has 7 nitrogen and oxygen atoms in total. The van der Waals surface area contributed by atoms with Crippen LogP contribution in [0.5, 0.6) is 0 Å². The van der Waals surface area contributed by atoms with Crippen LogP contribution in [0.15, 0.2) is 6.33 Å². The van der Waals surface area contributed by atoms with Gasteiger partial charge in [-0.3, -0.25) is 5.10 Å². The number of piperidine rings is 1. The number of ether oxygens (including phenoxy) is 1. The maximum absolute atomic E-state index is 12.7. The van der Waals surface area contributed by atoms with E-state index in [1.165, 1.54) is 6.33 Å². The molecule has 2 aliphatic rings. The molecule has 0 saturated carbocycles. The Morgan fingerprint density at radius 2 is 2.30 bits per heavy atom. The molecule has 2 amide bonds. The summed E-state index contributed by atoms with van der Waals surface area (Å²) in [6, 6.07) is 0.0314. The van der Waals surface area contributed by atoms with Crippen molar-refractivity contribution in [3.63, 3.8) is 0 Å². The van der Waals surface area contributed by atoms with Crippen LogP contribution in [0.1, 0.15) is 57.3 Å². The maximum Gasteiger partial charge on any atom is 0.318 e. The summed E-state index contributed by atoms with van der Waals surface area (Å²) in [4.78, 5) is 18.9. The highest BCUT2D eigenvalue weighted by molar-refractivity contribution is 5.74. The van der Waals surface area contributed by atoms with Crippen LogP contribution in [0.25, 0.3) is 0 Å². The molecule has 2 saturated heterocycles.